The SMILES string of the molecule is CN1CCc2c(n(C)c3ccc(-n4ccc(OCc5ccccc5)cc4=O)cc23)C1.Cl. The van der Waals surface area contributed by atoms with Crippen LogP contribution in [0.5, 0.6) is 5.75 Å². The van der Waals surface area contributed by atoms with Crippen LogP contribution in [0.3, 0.4) is 0 Å². The van der Waals surface area contributed by atoms with Gasteiger partial charge in [-0.25, -0.2) is 0 Å². The molecule has 0 saturated heterocycles. The van der Waals surface area contributed by atoms with Crippen molar-refractivity contribution in [2.45, 2.75) is 19.6 Å². The molecule has 0 aliphatic carbocycles. The van der Waals surface area contributed by atoms with Gasteiger partial charge in [-0.2, -0.15) is 0 Å². The smallest absolute Gasteiger partial charge is 0.258 e. The van der Waals surface area contributed by atoms with Crippen LogP contribution in [0.15, 0.2) is 71.7 Å². The van der Waals surface area contributed by atoms with Crippen LogP contribution in [0.25, 0.3) is 16.6 Å². The van der Waals surface area contributed by atoms with Gasteiger partial charge in [-0.05, 0) is 48.9 Å². The Bertz CT molecular complexity index is 1280. The van der Waals surface area contributed by atoms with E-state index in [0.29, 0.717) is 12.4 Å². The third-order valence-electron chi connectivity index (χ3n) is 6.00. The number of aromatic nitrogens is 2. The zero-order valence-corrected chi connectivity index (χ0v) is 18.6. The summed E-state index contributed by atoms with van der Waals surface area (Å²) >= 11 is 0. The van der Waals surface area contributed by atoms with Crippen molar-refractivity contribution in [1.29, 1.82) is 0 Å². The van der Waals surface area contributed by atoms with Crippen LogP contribution in [0.2, 0.25) is 0 Å². The second kappa shape index (κ2) is 8.61. The molecule has 1 aliphatic rings. The summed E-state index contributed by atoms with van der Waals surface area (Å²) in [6.07, 6.45) is 2.83. The number of rotatable bonds is 4. The Hall–Kier alpha value is -3.02. The highest BCUT2D eigenvalue weighted by Crippen LogP contribution is 2.31. The molecule has 160 valence electrons. The molecule has 0 radical (unpaired) electrons. The molecule has 4 aromatic rings. The topological polar surface area (TPSA) is 39.4 Å². The largest absolute Gasteiger partial charge is 0.489 e. The summed E-state index contributed by atoms with van der Waals surface area (Å²) in [4.78, 5) is 15.1. The number of nitrogens with zero attached hydrogens (tertiary/aromatic N) is 3. The minimum Gasteiger partial charge on any atom is -0.489 e. The fraction of sp³-hybridized carbons (Fsp3) is 0.240. The van der Waals surface area contributed by atoms with E-state index in [1.54, 1.807) is 16.8 Å². The quantitative estimate of drug-likeness (QED) is 0.479. The van der Waals surface area contributed by atoms with Crippen molar-refractivity contribution in [1.82, 2.24) is 14.0 Å². The Labute approximate surface area is 187 Å². The maximum absolute atomic E-state index is 12.8. The Morgan fingerprint density at radius 2 is 1.81 bits per heavy atom. The third kappa shape index (κ3) is 3.99. The molecule has 2 aromatic carbocycles. The standard InChI is InChI=1S/C25H25N3O2.ClH/c1-26-12-11-21-22-14-19(8-9-23(22)27(2)24(21)16-26)28-13-10-20(15-25(28)29)30-17-18-6-4-3-5-7-18;/h3-10,13-15H,11-12,16-17H2,1-2H3;1H. The molecule has 6 heteroatoms. The van der Waals surface area contributed by atoms with Crippen molar-refractivity contribution < 1.29 is 4.74 Å². The van der Waals surface area contributed by atoms with Gasteiger partial charge in [0.15, 0.2) is 0 Å². The van der Waals surface area contributed by atoms with E-state index >= 15 is 0 Å². The van der Waals surface area contributed by atoms with Gasteiger partial charge in [0.05, 0.1) is 0 Å². The second-order valence-corrected chi connectivity index (χ2v) is 8.02. The summed E-state index contributed by atoms with van der Waals surface area (Å²) in [5.74, 6) is 0.585. The molecule has 31 heavy (non-hydrogen) atoms. The molecule has 0 unspecified atom stereocenters. The van der Waals surface area contributed by atoms with E-state index in [0.717, 1.165) is 30.8 Å². The number of likely N-dealkylation sites (N-methyl/N-ethyl adjacent to an activating group) is 1. The van der Waals surface area contributed by atoms with Gasteiger partial charge in [0, 0.05) is 54.7 Å². The first-order valence-corrected chi connectivity index (χ1v) is 10.3. The van der Waals surface area contributed by atoms with Crippen LogP contribution >= 0.6 is 12.4 Å². The molecular weight excluding hydrogens is 410 g/mol. The minimum absolute atomic E-state index is 0. The van der Waals surface area contributed by atoms with Crippen molar-refractivity contribution in [2.24, 2.45) is 7.05 Å². The summed E-state index contributed by atoms with van der Waals surface area (Å²) in [5, 5.41) is 1.24. The highest BCUT2D eigenvalue weighted by atomic mass is 35.5. The van der Waals surface area contributed by atoms with Gasteiger partial charge in [-0.1, -0.05) is 30.3 Å². The molecule has 0 bridgehead atoms. The predicted molar refractivity (Wildman–Crippen MR) is 127 cm³/mol. The average molecular weight is 436 g/mol. The highest BCUT2D eigenvalue weighted by molar-refractivity contribution is 5.87. The van der Waals surface area contributed by atoms with E-state index in [1.807, 2.05) is 42.5 Å². The number of fused-ring (bicyclic) bond motifs is 3. The maximum atomic E-state index is 12.8. The van der Waals surface area contributed by atoms with E-state index in [1.165, 1.54) is 22.2 Å². The average Bonchev–Trinajstić information content (AvgIpc) is 3.04. The second-order valence-electron chi connectivity index (χ2n) is 8.02. The molecule has 0 amide bonds. The molecule has 0 atom stereocenters. The van der Waals surface area contributed by atoms with Gasteiger partial charge in [-0.15, -0.1) is 12.4 Å². The fourth-order valence-electron chi connectivity index (χ4n) is 4.33. The zero-order valence-electron chi connectivity index (χ0n) is 17.7. The Kier molecular flexibility index (Phi) is 5.90. The van der Waals surface area contributed by atoms with Crippen molar-refractivity contribution in [3.8, 4) is 11.4 Å². The Morgan fingerprint density at radius 1 is 1.00 bits per heavy atom. The lowest BCUT2D eigenvalue weighted by Crippen LogP contribution is -2.27. The van der Waals surface area contributed by atoms with Crippen LogP contribution in [-0.4, -0.2) is 27.6 Å². The monoisotopic (exact) mass is 435 g/mol. The van der Waals surface area contributed by atoms with E-state index in [-0.39, 0.29) is 18.0 Å². The van der Waals surface area contributed by atoms with Crippen molar-refractivity contribution in [3.63, 3.8) is 0 Å². The lowest BCUT2D eigenvalue weighted by atomic mass is 10.0. The number of benzene rings is 2. The van der Waals surface area contributed by atoms with Gasteiger partial charge in [-0.3, -0.25) is 9.36 Å². The van der Waals surface area contributed by atoms with Crippen molar-refractivity contribution in [3.05, 3.63) is 94.0 Å². The van der Waals surface area contributed by atoms with Gasteiger partial charge in [0.1, 0.15) is 12.4 Å². The summed E-state index contributed by atoms with van der Waals surface area (Å²) < 4.78 is 9.77. The number of ether oxygens (including phenoxy) is 1. The van der Waals surface area contributed by atoms with E-state index in [4.69, 9.17) is 4.74 Å². The Morgan fingerprint density at radius 3 is 2.58 bits per heavy atom. The number of hydrogen-bond donors (Lipinski definition) is 0. The molecule has 5 rings (SSSR count). The van der Waals surface area contributed by atoms with E-state index < -0.39 is 0 Å². The lowest BCUT2D eigenvalue weighted by molar-refractivity contribution is 0.305. The molecule has 5 nitrogen and oxygen atoms in total. The molecule has 0 saturated carbocycles. The van der Waals surface area contributed by atoms with Crippen LogP contribution in [0.1, 0.15) is 16.8 Å². The lowest BCUT2D eigenvalue weighted by Gasteiger charge is -2.23. The molecule has 0 spiro atoms. The molecular formula is C25H26ClN3O2. The van der Waals surface area contributed by atoms with Crippen molar-refractivity contribution >= 4 is 23.3 Å². The minimum atomic E-state index is -0.0931. The summed E-state index contributed by atoms with van der Waals surface area (Å²) in [6, 6.07) is 19.6. The highest BCUT2D eigenvalue weighted by Gasteiger charge is 2.21. The molecule has 1 aliphatic heterocycles. The fourth-order valence-corrected chi connectivity index (χ4v) is 4.33. The number of pyridine rings is 1. The Balaban J connectivity index is 0.00000231. The maximum Gasteiger partial charge on any atom is 0.258 e. The van der Waals surface area contributed by atoms with Gasteiger partial charge in [0.2, 0.25) is 0 Å². The van der Waals surface area contributed by atoms with Crippen LogP contribution in [-0.2, 0) is 26.6 Å². The summed E-state index contributed by atoms with van der Waals surface area (Å²) in [5.41, 5.74) is 5.86. The number of aryl methyl sites for hydroxylation is 1. The van der Waals surface area contributed by atoms with Crippen molar-refractivity contribution in [2.75, 3.05) is 13.6 Å². The first-order chi connectivity index (χ1) is 14.6. The van der Waals surface area contributed by atoms with E-state index in [9.17, 15) is 4.79 Å². The predicted octanol–water partition coefficient (Wildman–Crippen LogP) is 4.32. The van der Waals surface area contributed by atoms with E-state index in [2.05, 4.69) is 35.7 Å². The van der Waals surface area contributed by atoms with Gasteiger partial charge >= 0.3 is 0 Å². The van der Waals surface area contributed by atoms with Gasteiger partial charge < -0.3 is 14.2 Å². The first-order valence-electron chi connectivity index (χ1n) is 10.3. The third-order valence-corrected chi connectivity index (χ3v) is 6.00. The number of hydrogen-bond acceptors (Lipinski definition) is 3. The zero-order chi connectivity index (χ0) is 20.7. The summed E-state index contributed by atoms with van der Waals surface area (Å²) in [6.45, 7) is 2.47. The number of halogens is 1. The van der Waals surface area contributed by atoms with Crippen LogP contribution < -0.4 is 10.3 Å². The first kappa shape index (κ1) is 21.2. The summed E-state index contributed by atoms with van der Waals surface area (Å²) in [7, 11) is 4.29. The molecule has 2 aromatic heterocycles. The molecule has 0 N–H and O–H groups in total. The van der Waals surface area contributed by atoms with Crippen LogP contribution in [0.4, 0.5) is 0 Å². The molecule has 0 fully saturated rings. The van der Waals surface area contributed by atoms with Gasteiger partial charge in [0.25, 0.3) is 5.56 Å². The molecule has 3 heterocycles. The van der Waals surface area contributed by atoms with Crippen LogP contribution in [0, 0.1) is 0 Å². The normalized spacial score (nSPS) is 13.6.